The van der Waals surface area contributed by atoms with Crippen molar-refractivity contribution in [3.8, 4) is 0 Å². The fraction of sp³-hybridized carbons (Fsp3) is 0.600. The highest BCUT2D eigenvalue weighted by atomic mass is 35.5. The van der Waals surface area contributed by atoms with E-state index in [1.54, 1.807) is 12.5 Å². The summed E-state index contributed by atoms with van der Waals surface area (Å²) in [6.45, 7) is 12.4. The number of methoxy groups -OCH3 is 1. The van der Waals surface area contributed by atoms with Crippen LogP contribution in [0.25, 0.3) is 0 Å². The van der Waals surface area contributed by atoms with Gasteiger partial charge in [-0.15, -0.1) is 24.8 Å². The van der Waals surface area contributed by atoms with Gasteiger partial charge in [-0.25, -0.2) is 9.97 Å². The summed E-state index contributed by atoms with van der Waals surface area (Å²) >= 11 is 0. The molecule has 3 heterocycles. The van der Waals surface area contributed by atoms with Gasteiger partial charge in [0.1, 0.15) is 23.0 Å². The number of hydrogen-bond acceptors (Lipinski definition) is 8. The zero-order valence-corrected chi connectivity index (χ0v) is 23.5. The maximum absolute atomic E-state index is 13.9. The molecule has 0 saturated carbocycles. The molecule has 2 atom stereocenters. The lowest BCUT2D eigenvalue weighted by Gasteiger charge is -2.38. The number of rotatable bonds is 8. The van der Waals surface area contributed by atoms with Gasteiger partial charge in [0.25, 0.3) is 5.91 Å². The molecule has 1 amide bonds. The summed E-state index contributed by atoms with van der Waals surface area (Å²) in [5, 5.41) is 6.57. The molecule has 2 aromatic heterocycles. The number of carbonyl (C=O) groups is 2. The third-order valence-corrected chi connectivity index (χ3v) is 5.83. The number of aromatic nitrogens is 2. The maximum atomic E-state index is 13.9. The summed E-state index contributed by atoms with van der Waals surface area (Å²) in [5.41, 5.74) is 0.127. The summed E-state index contributed by atoms with van der Waals surface area (Å²) in [5.74, 6) is 1.40. The summed E-state index contributed by atoms with van der Waals surface area (Å²) in [4.78, 5) is 37.2. The first-order valence-electron chi connectivity index (χ1n) is 11.8. The van der Waals surface area contributed by atoms with Crippen LogP contribution in [0.4, 0.5) is 5.82 Å². The minimum atomic E-state index is -0.290. The first-order valence-corrected chi connectivity index (χ1v) is 11.8. The van der Waals surface area contributed by atoms with E-state index in [4.69, 9.17) is 14.1 Å². The molecule has 1 saturated heterocycles. The second kappa shape index (κ2) is 13.8. The van der Waals surface area contributed by atoms with Crippen molar-refractivity contribution in [1.29, 1.82) is 0 Å². The fourth-order valence-corrected chi connectivity index (χ4v) is 4.07. The molecule has 1 fully saturated rings. The van der Waals surface area contributed by atoms with Crippen LogP contribution in [-0.2, 0) is 21.5 Å². The van der Waals surface area contributed by atoms with Crippen LogP contribution in [0.15, 0.2) is 29.0 Å². The molecule has 11 heteroatoms. The number of halogens is 2. The van der Waals surface area contributed by atoms with Crippen LogP contribution in [0.1, 0.15) is 63.0 Å². The average molecular weight is 545 g/mol. The molecule has 202 valence electrons. The Morgan fingerprint density at radius 1 is 1.28 bits per heavy atom. The second-order valence-corrected chi connectivity index (χ2v) is 10.3. The Balaban J connectivity index is 0.00000324. The Labute approximate surface area is 226 Å². The predicted octanol–water partition coefficient (Wildman–Crippen LogP) is 4.07. The summed E-state index contributed by atoms with van der Waals surface area (Å²) in [6, 6.07) is 3.54. The van der Waals surface area contributed by atoms with E-state index in [1.165, 1.54) is 7.11 Å². The van der Waals surface area contributed by atoms with Gasteiger partial charge in [0.2, 0.25) is 0 Å². The van der Waals surface area contributed by atoms with Gasteiger partial charge in [-0.3, -0.25) is 9.59 Å². The fourth-order valence-electron chi connectivity index (χ4n) is 4.07. The molecule has 36 heavy (non-hydrogen) atoms. The molecular weight excluding hydrogens is 505 g/mol. The highest BCUT2D eigenvalue weighted by Gasteiger charge is 2.35. The predicted molar refractivity (Wildman–Crippen MR) is 144 cm³/mol. The van der Waals surface area contributed by atoms with E-state index in [0.29, 0.717) is 49.8 Å². The number of piperidine rings is 1. The summed E-state index contributed by atoms with van der Waals surface area (Å²) in [6.07, 6.45) is 3.78. The molecule has 0 spiro atoms. The van der Waals surface area contributed by atoms with Gasteiger partial charge >= 0.3 is 5.97 Å². The molecule has 2 N–H and O–H groups in total. The topological polar surface area (TPSA) is 110 Å². The van der Waals surface area contributed by atoms with E-state index in [0.717, 1.165) is 5.76 Å². The molecule has 0 radical (unpaired) electrons. The number of nitrogens with zero attached hydrogens (tertiary/aromatic N) is 3. The molecule has 0 aromatic carbocycles. The second-order valence-electron chi connectivity index (χ2n) is 10.3. The van der Waals surface area contributed by atoms with E-state index in [1.807, 2.05) is 37.8 Å². The van der Waals surface area contributed by atoms with Gasteiger partial charge in [-0.2, -0.15) is 0 Å². The Hall–Kier alpha value is -2.36. The first-order chi connectivity index (χ1) is 16.1. The number of furan rings is 1. The van der Waals surface area contributed by atoms with Crippen molar-refractivity contribution in [1.82, 2.24) is 20.2 Å². The first kappa shape index (κ1) is 31.7. The summed E-state index contributed by atoms with van der Waals surface area (Å²) in [7, 11) is 1.40. The van der Waals surface area contributed by atoms with Crippen molar-refractivity contribution in [3.63, 3.8) is 0 Å². The molecule has 2 aromatic rings. The van der Waals surface area contributed by atoms with Crippen molar-refractivity contribution < 1.29 is 18.7 Å². The number of amides is 1. The lowest BCUT2D eigenvalue weighted by molar-refractivity contribution is -0.146. The van der Waals surface area contributed by atoms with Crippen LogP contribution in [0.3, 0.4) is 0 Å². The van der Waals surface area contributed by atoms with Crippen molar-refractivity contribution in [2.75, 3.05) is 32.1 Å². The largest absolute Gasteiger partial charge is 0.469 e. The van der Waals surface area contributed by atoms with Crippen LogP contribution in [0.2, 0.25) is 0 Å². The lowest BCUT2D eigenvalue weighted by Crippen LogP contribution is -2.53. The van der Waals surface area contributed by atoms with Crippen molar-refractivity contribution in [3.05, 3.63) is 41.7 Å². The minimum Gasteiger partial charge on any atom is -0.469 e. The number of anilines is 1. The van der Waals surface area contributed by atoms with E-state index >= 15 is 0 Å². The Kier molecular flexibility index (Phi) is 12.2. The molecule has 0 unspecified atom stereocenters. The normalized spacial score (nSPS) is 17.5. The minimum absolute atomic E-state index is 0. The van der Waals surface area contributed by atoms with Crippen molar-refractivity contribution >= 4 is 42.5 Å². The lowest BCUT2D eigenvalue weighted by atomic mass is 9.93. The standard InChI is InChI=1S/C25H37N5O4.2ClH/c1-16(2)15-30(18-10-17(11-26-12-18)23(32)33-6)22(31)20-14-28-24(25(3,4)5)29-21(20)27-13-19-8-7-9-34-19;;/h7-9,14,16-18,26H,10-13,15H2,1-6H3,(H,27,28,29);2*1H/t17-,18-;;/m0../s1. The zero-order valence-electron chi connectivity index (χ0n) is 21.9. The monoisotopic (exact) mass is 543 g/mol. The summed E-state index contributed by atoms with van der Waals surface area (Å²) < 4.78 is 10.4. The van der Waals surface area contributed by atoms with Gasteiger partial charge in [-0.05, 0) is 24.5 Å². The van der Waals surface area contributed by atoms with Crippen LogP contribution < -0.4 is 10.6 Å². The Morgan fingerprint density at radius 3 is 2.58 bits per heavy atom. The maximum Gasteiger partial charge on any atom is 0.310 e. The van der Waals surface area contributed by atoms with E-state index in [2.05, 4.69) is 29.5 Å². The molecule has 0 aliphatic carbocycles. The molecule has 0 bridgehead atoms. The van der Waals surface area contributed by atoms with Crippen LogP contribution in [-0.4, -0.2) is 59.5 Å². The highest BCUT2D eigenvalue weighted by molar-refractivity contribution is 5.98. The van der Waals surface area contributed by atoms with E-state index in [9.17, 15) is 9.59 Å². The average Bonchev–Trinajstić information content (AvgIpc) is 3.33. The van der Waals surface area contributed by atoms with E-state index < -0.39 is 0 Å². The smallest absolute Gasteiger partial charge is 0.310 e. The Morgan fingerprint density at radius 2 is 2.00 bits per heavy atom. The van der Waals surface area contributed by atoms with Gasteiger partial charge in [0.05, 0.1) is 25.8 Å². The van der Waals surface area contributed by atoms with Crippen LogP contribution >= 0.6 is 24.8 Å². The third kappa shape index (κ3) is 8.08. The van der Waals surface area contributed by atoms with Gasteiger partial charge in [-0.1, -0.05) is 34.6 Å². The number of ether oxygens (including phenoxy) is 1. The Bertz CT molecular complexity index is 979. The number of esters is 1. The number of carbonyl (C=O) groups excluding carboxylic acids is 2. The van der Waals surface area contributed by atoms with Crippen molar-refractivity contribution in [2.24, 2.45) is 11.8 Å². The highest BCUT2D eigenvalue weighted by Crippen LogP contribution is 2.26. The molecular formula is C25H39Cl2N5O4. The van der Waals surface area contributed by atoms with Gasteiger partial charge < -0.3 is 24.7 Å². The molecule has 9 nitrogen and oxygen atoms in total. The van der Waals surface area contributed by atoms with Crippen molar-refractivity contribution in [2.45, 2.75) is 59.0 Å². The van der Waals surface area contributed by atoms with Crippen LogP contribution in [0, 0.1) is 11.8 Å². The molecule has 3 rings (SSSR count). The molecule has 1 aliphatic heterocycles. The third-order valence-electron chi connectivity index (χ3n) is 5.83. The number of hydrogen-bond donors (Lipinski definition) is 2. The van der Waals surface area contributed by atoms with Gasteiger partial charge in [0, 0.05) is 37.3 Å². The SMILES string of the molecule is COC(=O)[C@@H]1CNC[C@@H](N(CC(C)C)C(=O)c2cnc(C(C)(C)C)nc2NCc2ccco2)C1.Cl.Cl. The number of nitrogens with one attached hydrogen (secondary N) is 2. The van der Waals surface area contributed by atoms with Crippen LogP contribution in [0.5, 0.6) is 0 Å². The zero-order chi connectivity index (χ0) is 24.9. The quantitative estimate of drug-likeness (QED) is 0.479. The van der Waals surface area contributed by atoms with Gasteiger partial charge in [0.15, 0.2) is 0 Å². The van der Waals surface area contributed by atoms with E-state index in [-0.39, 0.29) is 60.0 Å². The molecule has 1 aliphatic rings.